The van der Waals surface area contributed by atoms with Crippen molar-refractivity contribution >= 4 is 23.3 Å². The van der Waals surface area contributed by atoms with Crippen molar-refractivity contribution < 1.29 is 14.7 Å². The van der Waals surface area contributed by atoms with Gasteiger partial charge in [0.15, 0.2) is 0 Å². The number of amides is 2. The molecule has 0 bridgehead atoms. The molecule has 0 aliphatic rings. The minimum Gasteiger partial charge on any atom is -0.481 e. The number of carbonyl (C=O) groups excluding carboxylic acids is 1. The summed E-state index contributed by atoms with van der Waals surface area (Å²) in [5.74, 6) is -0.843. The summed E-state index contributed by atoms with van der Waals surface area (Å²) in [4.78, 5) is 28.6. The van der Waals surface area contributed by atoms with Gasteiger partial charge >= 0.3 is 12.0 Å². The molecule has 7 heteroatoms. The fourth-order valence-electron chi connectivity index (χ4n) is 1.36. The van der Waals surface area contributed by atoms with E-state index in [9.17, 15) is 9.59 Å². The van der Waals surface area contributed by atoms with E-state index < -0.39 is 5.97 Å². The highest BCUT2D eigenvalue weighted by Crippen LogP contribution is 2.11. The van der Waals surface area contributed by atoms with E-state index in [1.165, 1.54) is 16.2 Å². The minimum absolute atomic E-state index is 0.0750. The highest BCUT2D eigenvalue weighted by molar-refractivity contribution is 7.09. The fraction of sp³-hybridized carbons (Fsp3) is 0.545. The lowest BCUT2D eigenvalue weighted by molar-refractivity contribution is -0.137. The molecule has 0 radical (unpaired) electrons. The molecule has 0 aromatic carbocycles. The van der Waals surface area contributed by atoms with Gasteiger partial charge in [0, 0.05) is 24.9 Å². The number of urea groups is 1. The van der Waals surface area contributed by atoms with Gasteiger partial charge in [-0.2, -0.15) is 0 Å². The van der Waals surface area contributed by atoms with E-state index in [0.717, 1.165) is 10.6 Å². The van der Waals surface area contributed by atoms with Crippen molar-refractivity contribution in [3.05, 3.63) is 16.1 Å². The summed E-state index contributed by atoms with van der Waals surface area (Å²) in [6.07, 6.45) is 0.532. The van der Waals surface area contributed by atoms with Crippen LogP contribution < -0.4 is 5.32 Å². The first kappa shape index (κ1) is 14.4. The van der Waals surface area contributed by atoms with Crippen LogP contribution in [0.4, 0.5) is 4.79 Å². The number of carbonyl (C=O) groups is 2. The second-order valence-corrected chi connectivity index (χ2v) is 4.88. The third kappa shape index (κ3) is 4.70. The molecule has 6 nitrogen and oxygen atoms in total. The minimum atomic E-state index is -0.843. The molecule has 0 saturated heterocycles. The van der Waals surface area contributed by atoms with Crippen LogP contribution in [-0.2, 0) is 11.3 Å². The maximum atomic E-state index is 11.7. The second kappa shape index (κ2) is 6.95. The van der Waals surface area contributed by atoms with Gasteiger partial charge in [0.1, 0.15) is 0 Å². The summed E-state index contributed by atoms with van der Waals surface area (Å²) in [6.45, 7) is 2.78. The zero-order valence-corrected chi connectivity index (χ0v) is 11.3. The quantitative estimate of drug-likeness (QED) is 0.820. The maximum absolute atomic E-state index is 11.7. The predicted molar refractivity (Wildman–Crippen MR) is 68.6 cm³/mol. The molecule has 100 valence electrons. The Hall–Kier alpha value is -1.63. The number of hydrogen-bond acceptors (Lipinski definition) is 4. The third-order valence-corrected chi connectivity index (χ3v) is 3.41. The van der Waals surface area contributed by atoms with Crippen LogP contribution in [0.2, 0.25) is 0 Å². The standard InChI is InChI=1S/C11H17N3O3S/c1-8-9(18-7-13-8)6-12-11(17)14(2)5-3-4-10(15)16/h7H,3-6H2,1-2H3,(H,12,17)(H,15,16). The molecular formula is C11H17N3O3S. The molecule has 0 unspecified atom stereocenters. The van der Waals surface area contributed by atoms with Gasteiger partial charge in [0.25, 0.3) is 0 Å². The van der Waals surface area contributed by atoms with Crippen LogP contribution >= 0.6 is 11.3 Å². The van der Waals surface area contributed by atoms with Gasteiger partial charge in [-0.05, 0) is 13.3 Å². The summed E-state index contributed by atoms with van der Waals surface area (Å²) in [7, 11) is 1.65. The number of nitrogens with one attached hydrogen (secondary N) is 1. The Morgan fingerprint density at radius 2 is 2.28 bits per heavy atom. The third-order valence-electron chi connectivity index (χ3n) is 2.48. The van der Waals surface area contributed by atoms with Gasteiger partial charge in [-0.25, -0.2) is 9.78 Å². The number of aromatic nitrogens is 1. The van der Waals surface area contributed by atoms with Crippen LogP contribution in [0, 0.1) is 6.92 Å². The number of hydrogen-bond donors (Lipinski definition) is 2. The van der Waals surface area contributed by atoms with Gasteiger partial charge in [-0.15, -0.1) is 11.3 Å². The van der Waals surface area contributed by atoms with E-state index in [2.05, 4.69) is 10.3 Å². The molecular weight excluding hydrogens is 254 g/mol. The molecule has 1 aromatic rings. The number of aryl methyl sites for hydroxylation is 1. The van der Waals surface area contributed by atoms with Crippen molar-refractivity contribution in [3.63, 3.8) is 0 Å². The number of aliphatic carboxylic acids is 1. The molecule has 2 N–H and O–H groups in total. The Morgan fingerprint density at radius 3 is 2.83 bits per heavy atom. The lowest BCUT2D eigenvalue weighted by Crippen LogP contribution is -2.37. The summed E-state index contributed by atoms with van der Waals surface area (Å²) < 4.78 is 0. The number of rotatable bonds is 6. The summed E-state index contributed by atoms with van der Waals surface area (Å²) in [5.41, 5.74) is 2.67. The molecule has 0 atom stereocenters. The van der Waals surface area contributed by atoms with Crippen molar-refractivity contribution in [3.8, 4) is 0 Å². The van der Waals surface area contributed by atoms with E-state index in [-0.39, 0.29) is 12.5 Å². The number of carboxylic acid groups (broad SMARTS) is 1. The highest BCUT2D eigenvalue weighted by Gasteiger charge is 2.09. The molecule has 1 rings (SSSR count). The van der Waals surface area contributed by atoms with Crippen molar-refractivity contribution in [1.82, 2.24) is 15.2 Å². The van der Waals surface area contributed by atoms with Gasteiger partial charge in [-0.3, -0.25) is 4.79 Å². The van der Waals surface area contributed by atoms with Crippen LogP contribution in [0.15, 0.2) is 5.51 Å². The van der Waals surface area contributed by atoms with Crippen LogP contribution in [-0.4, -0.2) is 40.6 Å². The monoisotopic (exact) mass is 271 g/mol. The number of thiazole rings is 1. The topological polar surface area (TPSA) is 82.5 Å². The first-order chi connectivity index (χ1) is 8.50. The number of nitrogens with zero attached hydrogens (tertiary/aromatic N) is 2. The Bertz CT molecular complexity index is 419. The summed E-state index contributed by atoms with van der Waals surface area (Å²) >= 11 is 1.50. The zero-order valence-electron chi connectivity index (χ0n) is 10.5. The molecule has 0 aliphatic carbocycles. The highest BCUT2D eigenvalue weighted by atomic mass is 32.1. The van der Waals surface area contributed by atoms with Crippen LogP contribution in [0.3, 0.4) is 0 Å². The molecule has 1 aromatic heterocycles. The first-order valence-corrected chi connectivity index (χ1v) is 6.48. The average molecular weight is 271 g/mol. The molecule has 2 amide bonds. The maximum Gasteiger partial charge on any atom is 0.317 e. The fourth-order valence-corrected chi connectivity index (χ4v) is 2.07. The van der Waals surface area contributed by atoms with Crippen LogP contribution in [0.25, 0.3) is 0 Å². The molecule has 18 heavy (non-hydrogen) atoms. The predicted octanol–water partition coefficient (Wildman–Crippen LogP) is 1.46. The van der Waals surface area contributed by atoms with Crippen molar-refractivity contribution in [2.24, 2.45) is 0 Å². The van der Waals surface area contributed by atoms with E-state index in [0.29, 0.717) is 19.5 Å². The van der Waals surface area contributed by atoms with Crippen molar-refractivity contribution in [2.45, 2.75) is 26.3 Å². The molecule has 0 fully saturated rings. The smallest absolute Gasteiger partial charge is 0.317 e. The lowest BCUT2D eigenvalue weighted by Gasteiger charge is -2.17. The Kier molecular flexibility index (Phi) is 5.57. The van der Waals surface area contributed by atoms with Gasteiger partial charge in [0.05, 0.1) is 17.7 Å². The zero-order chi connectivity index (χ0) is 13.5. The van der Waals surface area contributed by atoms with Crippen LogP contribution in [0.1, 0.15) is 23.4 Å². The summed E-state index contributed by atoms with van der Waals surface area (Å²) in [5, 5.41) is 11.3. The molecule has 0 spiro atoms. The lowest BCUT2D eigenvalue weighted by atomic mass is 10.3. The Morgan fingerprint density at radius 1 is 1.56 bits per heavy atom. The molecule has 0 saturated carbocycles. The van der Waals surface area contributed by atoms with Crippen LogP contribution in [0.5, 0.6) is 0 Å². The Balaban J connectivity index is 2.27. The SMILES string of the molecule is Cc1ncsc1CNC(=O)N(C)CCCC(=O)O. The second-order valence-electron chi connectivity index (χ2n) is 3.94. The molecule has 0 aliphatic heterocycles. The van der Waals surface area contributed by atoms with E-state index in [1.54, 1.807) is 12.6 Å². The average Bonchev–Trinajstić information content (AvgIpc) is 2.71. The van der Waals surface area contributed by atoms with E-state index in [4.69, 9.17) is 5.11 Å². The Labute approximate surface area is 110 Å². The van der Waals surface area contributed by atoms with E-state index in [1.807, 2.05) is 6.92 Å². The van der Waals surface area contributed by atoms with Crippen molar-refractivity contribution in [1.29, 1.82) is 0 Å². The van der Waals surface area contributed by atoms with Gasteiger partial charge < -0.3 is 15.3 Å². The molecule has 1 heterocycles. The number of carboxylic acids is 1. The van der Waals surface area contributed by atoms with Gasteiger partial charge in [0.2, 0.25) is 0 Å². The largest absolute Gasteiger partial charge is 0.481 e. The van der Waals surface area contributed by atoms with E-state index >= 15 is 0 Å². The normalized spacial score (nSPS) is 10.1. The van der Waals surface area contributed by atoms with Gasteiger partial charge in [-0.1, -0.05) is 0 Å². The first-order valence-electron chi connectivity index (χ1n) is 5.60. The van der Waals surface area contributed by atoms with Crippen molar-refractivity contribution in [2.75, 3.05) is 13.6 Å². The summed E-state index contributed by atoms with van der Waals surface area (Å²) in [6, 6.07) is -0.201.